The topological polar surface area (TPSA) is 52.0 Å². The van der Waals surface area contributed by atoms with E-state index in [0.717, 1.165) is 12.1 Å². The predicted octanol–water partition coefficient (Wildman–Crippen LogP) is 3.15. The minimum Gasteiger partial charge on any atom is -0.436 e. The van der Waals surface area contributed by atoms with E-state index in [9.17, 15) is 0 Å². The molecule has 2 aromatic rings. The molecular formula is C15H22N4O. The Kier molecular flexibility index (Phi) is 4.74. The summed E-state index contributed by atoms with van der Waals surface area (Å²) in [6.07, 6.45) is 5.35. The second kappa shape index (κ2) is 6.52. The first kappa shape index (κ1) is 14.5. The first-order chi connectivity index (χ1) is 9.54. The van der Waals surface area contributed by atoms with E-state index in [4.69, 9.17) is 4.74 Å². The standard InChI is InChI=1S/C15H22N4O/c1-11(2)17-8-13-5-6-16-15(7-13)20-14-9-18-19(10-14)12(3)4/h5-7,9-12,17H,8H2,1-4H3. The van der Waals surface area contributed by atoms with Crippen LogP contribution in [0.25, 0.3) is 0 Å². The third kappa shape index (κ3) is 4.06. The van der Waals surface area contributed by atoms with Gasteiger partial charge in [0.05, 0.1) is 12.4 Å². The molecule has 0 aliphatic heterocycles. The zero-order valence-corrected chi connectivity index (χ0v) is 12.5. The van der Waals surface area contributed by atoms with Gasteiger partial charge in [-0.2, -0.15) is 5.10 Å². The van der Waals surface area contributed by atoms with Crippen LogP contribution in [-0.2, 0) is 6.54 Å². The number of hydrogen-bond acceptors (Lipinski definition) is 4. The van der Waals surface area contributed by atoms with Crippen molar-refractivity contribution in [3.8, 4) is 11.6 Å². The largest absolute Gasteiger partial charge is 0.436 e. The zero-order chi connectivity index (χ0) is 14.5. The van der Waals surface area contributed by atoms with Gasteiger partial charge in [0, 0.05) is 30.9 Å². The molecule has 0 radical (unpaired) electrons. The number of nitrogens with zero attached hydrogens (tertiary/aromatic N) is 3. The summed E-state index contributed by atoms with van der Waals surface area (Å²) in [6, 6.07) is 4.71. The van der Waals surface area contributed by atoms with E-state index in [1.165, 1.54) is 0 Å². The SMILES string of the molecule is CC(C)NCc1ccnc(Oc2cnn(C(C)C)c2)c1. The molecule has 1 N–H and O–H groups in total. The van der Waals surface area contributed by atoms with Crippen molar-refractivity contribution in [2.75, 3.05) is 0 Å². The Labute approximate surface area is 120 Å². The number of nitrogens with one attached hydrogen (secondary N) is 1. The van der Waals surface area contributed by atoms with Crippen LogP contribution in [0.2, 0.25) is 0 Å². The predicted molar refractivity (Wildman–Crippen MR) is 78.9 cm³/mol. The summed E-state index contributed by atoms with van der Waals surface area (Å²) in [5.74, 6) is 1.30. The molecular weight excluding hydrogens is 252 g/mol. The average molecular weight is 274 g/mol. The minimum absolute atomic E-state index is 0.321. The highest BCUT2D eigenvalue weighted by molar-refractivity contribution is 5.25. The van der Waals surface area contributed by atoms with Crippen LogP contribution in [0.1, 0.15) is 39.3 Å². The second-order valence-corrected chi connectivity index (χ2v) is 5.39. The molecule has 20 heavy (non-hydrogen) atoms. The number of hydrogen-bond donors (Lipinski definition) is 1. The Balaban J connectivity index is 2.03. The van der Waals surface area contributed by atoms with Gasteiger partial charge in [-0.05, 0) is 25.5 Å². The fraction of sp³-hybridized carbons (Fsp3) is 0.467. The number of pyridine rings is 1. The molecule has 0 saturated heterocycles. The van der Waals surface area contributed by atoms with E-state index in [-0.39, 0.29) is 0 Å². The van der Waals surface area contributed by atoms with E-state index in [2.05, 4.69) is 43.1 Å². The minimum atomic E-state index is 0.321. The summed E-state index contributed by atoms with van der Waals surface area (Å²) in [5.41, 5.74) is 1.15. The van der Waals surface area contributed by atoms with Crippen LogP contribution in [0.5, 0.6) is 11.6 Å². The monoisotopic (exact) mass is 274 g/mol. The summed E-state index contributed by atoms with van der Waals surface area (Å²) in [4.78, 5) is 4.23. The van der Waals surface area contributed by atoms with Crippen LogP contribution >= 0.6 is 0 Å². The van der Waals surface area contributed by atoms with Crippen molar-refractivity contribution < 1.29 is 4.74 Å². The summed E-state index contributed by atoms with van der Waals surface area (Å²) in [7, 11) is 0. The fourth-order valence-corrected chi connectivity index (χ4v) is 1.71. The van der Waals surface area contributed by atoms with Crippen LogP contribution in [-0.4, -0.2) is 20.8 Å². The molecule has 5 nitrogen and oxygen atoms in total. The molecule has 0 spiro atoms. The maximum Gasteiger partial charge on any atom is 0.219 e. The highest BCUT2D eigenvalue weighted by Gasteiger charge is 2.05. The number of rotatable bonds is 6. The van der Waals surface area contributed by atoms with Crippen molar-refractivity contribution in [1.82, 2.24) is 20.1 Å². The van der Waals surface area contributed by atoms with E-state index in [1.807, 2.05) is 23.0 Å². The molecule has 0 atom stereocenters. The summed E-state index contributed by atoms with van der Waals surface area (Å²) in [5, 5.41) is 7.62. The van der Waals surface area contributed by atoms with Gasteiger partial charge in [-0.1, -0.05) is 13.8 Å². The molecule has 0 aliphatic carbocycles. The van der Waals surface area contributed by atoms with Gasteiger partial charge in [-0.3, -0.25) is 4.68 Å². The Bertz CT molecular complexity index is 548. The van der Waals surface area contributed by atoms with Gasteiger partial charge >= 0.3 is 0 Å². The van der Waals surface area contributed by atoms with Gasteiger partial charge in [0.15, 0.2) is 5.75 Å². The third-order valence-corrected chi connectivity index (χ3v) is 2.84. The Morgan fingerprint density at radius 2 is 2.10 bits per heavy atom. The molecule has 2 rings (SSSR count). The van der Waals surface area contributed by atoms with E-state index >= 15 is 0 Å². The van der Waals surface area contributed by atoms with Gasteiger partial charge < -0.3 is 10.1 Å². The van der Waals surface area contributed by atoms with Gasteiger partial charge in [0.2, 0.25) is 5.88 Å². The van der Waals surface area contributed by atoms with Crippen molar-refractivity contribution in [1.29, 1.82) is 0 Å². The number of ether oxygens (including phenoxy) is 1. The van der Waals surface area contributed by atoms with Crippen LogP contribution in [0.3, 0.4) is 0 Å². The molecule has 0 aliphatic rings. The molecule has 2 heterocycles. The highest BCUT2D eigenvalue weighted by atomic mass is 16.5. The summed E-state index contributed by atoms with van der Waals surface area (Å²) < 4.78 is 7.60. The van der Waals surface area contributed by atoms with E-state index < -0.39 is 0 Å². The number of aromatic nitrogens is 3. The summed E-state index contributed by atoms with van der Waals surface area (Å²) in [6.45, 7) is 9.21. The quantitative estimate of drug-likeness (QED) is 0.879. The highest BCUT2D eigenvalue weighted by Crippen LogP contribution is 2.20. The van der Waals surface area contributed by atoms with E-state index in [0.29, 0.717) is 23.7 Å². The van der Waals surface area contributed by atoms with Crippen molar-refractivity contribution in [3.63, 3.8) is 0 Å². The van der Waals surface area contributed by atoms with Crippen molar-refractivity contribution in [3.05, 3.63) is 36.3 Å². The van der Waals surface area contributed by atoms with Crippen molar-refractivity contribution in [2.24, 2.45) is 0 Å². The van der Waals surface area contributed by atoms with Gasteiger partial charge in [0.25, 0.3) is 0 Å². The van der Waals surface area contributed by atoms with Crippen LogP contribution in [0.15, 0.2) is 30.7 Å². The molecule has 108 valence electrons. The van der Waals surface area contributed by atoms with Crippen molar-refractivity contribution in [2.45, 2.75) is 46.3 Å². The molecule has 0 saturated carbocycles. The van der Waals surface area contributed by atoms with Crippen LogP contribution in [0.4, 0.5) is 0 Å². The molecule has 0 amide bonds. The lowest BCUT2D eigenvalue weighted by Gasteiger charge is -2.09. The molecule has 5 heteroatoms. The lowest BCUT2D eigenvalue weighted by atomic mass is 10.2. The van der Waals surface area contributed by atoms with Gasteiger partial charge in [-0.15, -0.1) is 0 Å². The molecule has 0 aromatic carbocycles. The maximum atomic E-state index is 5.73. The van der Waals surface area contributed by atoms with E-state index in [1.54, 1.807) is 12.4 Å². The fourth-order valence-electron chi connectivity index (χ4n) is 1.71. The van der Waals surface area contributed by atoms with Crippen molar-refractivity contribution >= 4 is 0 Å². The first-order valence-corrected chi connectivity index (χ1v) is 6.95. The molecule has 2 aromatic heterocycles. The summed E-state index contributed by atoms with van der Waals surface area (Å²) >= 11 is 0. The molecule has 0 unspecified atom stereocenters. The Morgan fingerprint density at radius 3 is 2.75 bits per heavy atom. The maximum absolute atomic E-state index is 5.73. The smallest absolute Gasteiger partial charge is 0.219 e. The third-order valence-electron chi connectivity index (χ3n) is 2.84. The van der Waals surface area contributed by atoms with Gasteiger partial charge in [0.1, 0.15) is 0 Å². The molecule has 0 bridgehead atoms. The average Bonchev–Trinajstić information content (AvgIpc) is 2.85. The lowest BCUT2D eigenvalue weighted by molar-refractivity contribution is 0.457. The van der Waals surface area contributed by atoms with Gasteiger partial charge in [-0.25, -0.2) is 4.98 Å². The Hall–Kier alpha value is -1.88. The van der Waals surface area contributed by atoms with Crippen LogP contribution < -0.4 is 10.1 Å². The molecule has 0 fully saturated rings. The first-order valence-electron chi connectivity index (χ1n) is 6.95. The lowest BCUT2D eigenvalue weighted by Crippen LogP contribution is -2.21. The zero-order valence-electron chi connectivity index (χ0n) is 12.5. The normalized spacial score (nSPS) is 11.3. The van der Waals surface area contributed by atoms with Crippen LogP contribution in [0, 0.1) is 0 Å². The second-order valence-electron chi connectivity index (χ2n) is 5.39. The Morgan fingerprint density at radius 1 is 1.30 bits per heavy atom.